The van der Waals surface area contributed by atoms with Crippen molar-refractivity contribution in [3.05, 3.63) is 29.8 Å². The average Bonchev–Trinajstić information content (AvgIpc) is 2.36. The van der Waals surface area contributed by atoms with Crippen LogP contribution in [0, 0.1) is 0 Å². The molecule has 0 aliphatic carbocycles. The molecular weight excluding hydrogens is 246 g/mol. The van der Waals surface area contributed by atoms with Crippen LogP contribution in [0.1, 0.15) is 12.5 Å². The van der Waals surface area contributed by atoms with E-state index in [1.165, 1.54) is 0 Å². The Kier molecular flexibility index (Phi) is 4.67. The van der Waals surface area contributed by atoms with E-state index in [4.69, 9.17) is 18.0 Å². The van der Waals surface area contributed by atoms with Crippen molar-refractivity contribution >= 4 is 28.8 Å². The zero-order chi connectivity index (χ0) is 13.9. The summed E-state index contributed by atoms with van der Waals surface area (Å²) in [4.78, 5) is 15.8. The Morgan fingerprint density at radius 2 is 1.72 bits per heavy atom. The van der Waals surface area contributed by atoms with E-state index in [1.54, 1.807) is 19.0 Å². The number of nitrogens with zero attached hydrogens (tertiary/aromatic N) is 2. The highest BCUT2D eigenvalue weighted by atomic mass is 32.1. The molecule has 2 N–H and O–H groups in total. The number of anilines is 1. The molecule has 1 aromatic rings. The van der Waals surface area contributed by atoms with Gasteiger partial charge in [0.2, 0.25) is 5.91 Å². The van der Waals surface area contributed by atoms with E-state index in [-0.39, 0.29) is 11.9 Å². The van der Waals surface area contributed by atoms with Gasteiger partial charge in [-0.15, -0.1) is 0 Å². The summed E-state index contributed by atoms with van der Waals surface area (Å²) in [5.41, 5.74) is 7.33. The van der Waals surface area contributed by atoms with Crippen LogP contribution >= 0.6 is 12.2 Å². The van der Waals surface area contributed by atoms with E-state index in [1.807, 2.05) is 43.1 Å². The van der Waals surface area contributed by atoms with Crippen LogP contribution in [0.2, 0.25) is 0 Å². The molecule has 5 heteroatoms. The minimum absolute atomic E-state index is 0.0657. The van der Waals surface area contributed by atoms with E-state index < -0.39 is 0 Å². The number of hydrogen-bond donors (Lipinski definition) is 1. The summed E-state index contributed by atoms with van der Waals surface area (Å²) in [6.07, 6.45) is 0. The topological polar surface area (TPSA) is 49.6 Å². The first-order chi connectivity index (χ1) is 8.34. The molecule has 0 aromatic heterocycles. The first-order valence-electron chi connectivity index (χ1n) is 5.68. The molecule has 0 aliphatic rings. The lowest BCUT2D eigenvalue weighted by molar-refractivity contribution is -0.129. The molecule has 98 valence electrons. The number of carbonyl (C=O) groups excluding carboxylic acids is 1. The molecule has 1 aromatic carbocycles. The lowest BCUT2D eigenvalue weighted by Gasteiger charge is -2.28. The molecule has 0 saturated heterocycles. The van der Waals surface area contributed by atoms with Gasteiger partial charge in [0.05, 0.1) is 0 Å². The van der Waals surface area contributed by atoms with Crippen molar-refractivity contribution in [2.24, 2.45) is 5.73 Å². The lowest BCUT2D eigenvalue weighted by atomic mass is 10.1. The third-order valence-corrected chi connectivity index (χ3v) is 3.17. The molecular formula is C13H19N3OS. The van der Waals surface area contributed by atoms with Crippen molar-refractivity contribution in [1.29, 1.82) is 0 Å². The van der Waals surface area contributed by atoms with Crippen molar-refractivity contribution in [3.63, 3.8) is 0 Å². The highest BCUT2D eigenvalue weighted by Gasteiger charge is 2.19. The Morgan fingerprint density at radius 1 is 1.22 bits per heavy atom. The van der Waals surface area contributed by atoms with E-state index >= 15 is 0 Å². The second kappa shape index (κ2) is 5.82. The van der Waals surface area contributed by atoms with Gasteiger partial charge in [-0.05, 0) is 31.2 Å². The Balaban J connectivity index is 2.87. The average molecular weight is 265 g/mol. The van der Waals surface area contributed by atoms with Gasteiger partial charge in [0.1, 0.15) is 11.0 Å². The van der Waals surface area contributed by atoms with Gasteiger partial charge in [-0.25, -0.2) is 0 Å². The molecule has 0 heterocycles. The molecule has 0 aliphatic heterocycles. The zero-order valence-electron chi connectivity index (χ0n) is 11.2. The number of thiocarbonyl (C=S) groups is 1. The quantitative estimate of drug-likeness (QED) is 0.832. The van der Waals surface area contributed by atoms with Crippen LogP contribution in [0.3, 0.4) is 0 Å². The number of amides is 1. The predicted molar refractivity (Wildman–Crippen MR) is 78.9 cm³/mol. The molecule has 4 nitrogen and oxygen atoms in total. The van der Waals surface area contributed by atoms with Gasteiger partial charge in [0.15, 0.2) is 0 Å². The fourth-order valence-electron chi connectivity index (χ4n) is 1.62. The van der Waals surface area contributed by atoms with Gasteiger partial charge < -0.3 is 15.5 Å². The standard InChI is InChI=1S/C13H19N3OS/c1-9(13(17)15(2)3)16(4)11-7-5-10(6-8-11)12(14)18/h5-9H,1-4H3,(H2,14,18). The molecule has 1 unspecified atom stereocenters. The third kappa shape index (κ3) is 3.20. The largest absolute Gasteiger partial charge is 0.389 e. The van der Waals surface area contributed by atoms with E-state index in [2.05, 4.69) is 0 Å². The van der Waals surface area contributed by atoms with Crippen molar-refractivity contribution < 1.29 is 4.79 Å². The summed E-state index contributed by atoms with van der Waals surface area (Å²) in [6.45, 7) is 1.88. The minimum atomic E-state index is -0.212. The third-order valence-electron chi connectivity index (χ3n) is 2.94. The number of nitrogens with two attached hydrogens (primary N) is 1. The molecule has 1 atom stereocenters. The smallest absolute Gasteiger partial charge is 0.244 e. The van der Waals surface area contributed by atoms with Gasteiger partial charge in [0, 0.05) is 32.4 Å². The summed E-state index contributed by atoms with van der Waals surface area (Å²) < 4.78 is 0. The highest BCUT2D eigenvalue weighted by molar-refractivity contribution is 7.80. The van der Waals surface area contributed by atoms with Gasteiger partial charge in [-0.2, -0.15) is 0 Å². The molecule has 18 heavy (non-hydrogen) atoms. The Labute approximate surface area is 113 Å². The molecule has 1 rings (SSSR count). The minimum Gasteiger partial charge on any atom is -0.389 e. The Bertz CT molecular complexity index is 442. The van der Waals surface area contributed by atoms with Crippen molar-refractivity contribution in [2.45, 2.75) is 13.0 Å². The molecule has 0 spiro atoms. The molecule has 0 bridgehead atoms. The SMILES string of the molecule is CC(C(=O)N(C)C)N(C)c1ccc(C(N)=S)cc1. The number of likely N-dealkylation sites (N-methyl/N-ethyl adjacent to an activating group) is 2. The van der Waals surface area contributed by atoms with Crippen LogP contribution in [-0.2, 0) is 4.79 Å². The van der Waals surface area contributed by atoms with Gasteiger partial charge >= 0.3 is 0 Å². The zero-order valence-corrected chi connectivity index (χ0v) is 12.0. The van der Waals surface area contributed by atoms with Crippen LogP contribution in [0.15, 0.2) is 24.3 Å². The maximum absolute atomic E-state index is 11.9. The second-order valence-electron chi connectivity index (χ2n) is 4.43. The fraction of sp³-hybridized carbons (Fsp3) is 0.385. The van der Waals surface area contributed by atoms with Crippen molar-refractivity contribution in [3.8, 4) is 0 Å². The monoisotopic (exact) mass is 265 g/mol. The van der Waals surface area contributed by atoms with Gasteiger partial charge in [0.25, 0.3) is 0 Å². The summed E-state index contributed by atoms with van der Waals surface area (Å²) >= 11 is 4.90. The fourth-order valence-corrected chi connectivity index (χ4v) is 1.76. The molecule has 0 fully saturated rings. The maximum atomic E-state index is 11.9. The lowest BCUT2D eigenvalue weighted by Crippen LogP contribution is -2.42. The summed E-state index contributed by atoms with van der Waals surface area (Å²) in [5.74, 6) is 0.0657. The highest BCUT2D eigenvalue weighted by Crippen LogP contribution is 2.17. The number of benzene rings is 1. The Hall–Kier alpha value is -1.62. The second-order valence-corrected chi connectivity index (χ2v) is 4.87. The van der Waals surface area contributed by atoms with Crippen LogP contribution < -0.4 is 10.6 Å². The summed E-state index contributed by atoms with van der Waals surface area (Å²) in [5, 5.41) is 0. The summed E-state index contributed by atoms with van der Waals surface area (Å²) in [6, 6.07) is 7.33. The molecule has 1 amide bonds. The van der Waals surface area contributed by atoms with Crippen molar-refractivity contribution in [1.82, 2.24) is 4.90 Å². The van der Waals surface area contributed by atoms with Gasteiger partial charge in [-0.1, -0.05) is 12.2 Å². The number of hydrogen-bond acceptors (Lipinski definition) is 3. The van der Waals surface area contributed by atoms with Crippen LogP contribution in [0.4, 0.5) is 5.69 Å². The van der Waals surface area contributed by atoms with Crippen molar-refractivity contribution in [2.75, 3.05) is 26.0 Å². The first-order valence-corrected chi connectivity index (χ1v) is 6.09. The Morgan fingerprint density at radius 3 is 2.11 bits per heavy atom. The van der Waals surface area contributed by atoms with E-state index in [9.17, 15) is 4.79 Å². The van der Waals surface area contributed by atoms with Crippen LogP contribution in [0.5, 0.6) is 0 Å². The van der Waals surface area contributed by atoms with Crippen LogP contribution in [0.25, 0.3) is 0 Å². The van der Waals surface area contributed by atoms with E-state index in [0.29, 0.717) is 4.99 Å². The summed E-state index contributed by atoms with van der Waals surface area (Å²) in [7, 11) is 5.40. The molecule has 0 saturated carbocycles. The maximum Gasteiger partial charge on any atom is 0.244 e. The van der Waals surface area contributed by atoms with Gasteiger partial charge in [-0.3, -0.25) is 4.79 Å². The molecule has 0 radical (unpaired) electrons. The number of carbonyl (C=O) groups is 1. The normalized spacial score (nSPS) is 11.8. The number of rotatable bonds is 4. The van der Waals surface area contributed by atoms with E-state index in [0.717, 1.165) is 11.3 Å². The van der Waals surface area contributed by atoms with Crippen LogP contribution in [-0.4, -0.2) is 43.0 Å². The predicted octanol–water partition coefficient (Wildman–Crippen LogP) is 1.23. The first kappa shape index (κ1) is 14.4.